The Bertz CT molecular complexity index is 458. The van der Waals surface area contributed by atoms with Gasteiger partial charge in [0, 0.05) is 0 Å². The number of rotatable bonds is 1. The van der Waals surface area contributed by atoms with Crippen LogP contribution in [0.1, 0.15) is 114 Å². The van der Waals surface area contributed by atoms with Crippen LogP contribution in [0.4, 0.5) is 0 Å². The summed E-state index contributed by atoms with van der Waals surface area (Å²) in [5.41, 5.74) is 1.37. The minimum absolute atomic E-state index is 0.408. The summed E-state index contributed by atoms with van der Waals surface area (Å²) in [4.78, 5) is 0. The van der Waals surface area contributed by atoms with Crippen LogP contribution in [-0.2, 0) is 0 Å². The van der Waals surface area contributed by atoms with Gasteiger partial charge in [0.15, 0.2) is 0 Å². The molecule has 2 fully saturated rings. The first kappa shape index (κ1) is 22.4. The van der Waals surface area contributed by atoms with Crippen LogP contribution in [0.3, 0.4) is 0 Å². The van der Waals surface area contributed by atoms with Gasteiger partial charge in [-0.15, -0.1) is 0 Å². The topological polar surface area (TPSA) is 0 Å². The third-order valence-corrected chi connectivity index (χ3v) is 8.27. The van der Waals surface area contributed by atoms with E-state index in [2.05, 4.69) is 69.2 Å². The van der Waals surface area contributed by atoms with Gasteiger partial charge in [-0.1, -0.05) is 106 Å². The Morgan fingerprint density at radius 3 is 1.92 bits per heavy atom. The average Bonchev–Trinajstić information content (AvgIpc) is 2.56. The van der Waals surface area contributed by atoms with Crippen LogP contribution in [0.15, 0.2) is 0 Å². The van der Waals surface area contributed by atoms with Crippen molar-refractivity contribution in [3.05, 3.63) is 0 Å². The lowest BCUT2D eigenvalue weighted by molar-refractivity contribution is 0.0314. The minimum Gasteiger partial charge on any atom is -0.0671 e. The molecule has 1 heteroatoms. The normalized spacial score (nSPS) is 37.5. The molecular formula is C25H49B. The fraction of sp³-hybridized carbons (Fsp3) is 1.00. The van der Waals surface area contributed by atoms with E-state index >= 15 is 0 Å². The van der Waals surface area contributed by atoms with E-state index in [9.17, 15) is 0 Å². The van der Waals surface area contributed by atoms with E-state index in [1.807, 2.05) is 0 Å². The molecule has 0 N–H and O–H groups in total. The fourth-order valence-electron chi connectivity index (χ4n) is 6.66. The van der Waals surface area contributed by atoms with E-state index in [4.69, 9.17) is 0 Å². The third-order valence-electron chi connectivity index (χ3n) is 8.27. The Morgan fingerprint density at radius 2 is 1.42 bits per heavy atom. The lowest BCUT2D eigenvalue weighted by atomic mass is 9.41. The molecule has 152 valence electrons. The van der Waals surface area contributed by atoms with Crippen molar-refractivity contribution in [1.29, 1.82) is 0 Å². The molecule has 0 heterocycles. The molecule has 0 aromatic carbocycles. The number of hydrogen-bond acceptors (Lipinski definition) is 0. The highest BCUT2D eigenvalue weighted by molar-refractivity contribution is 6.41. The third kappa shape index (κ3) is 5.54. The van der Waals surface area contributed by atoms with Gasteiger partial charge in [-0.2, -0.15) is 0 Å². The molecule has 26 heavy (non-hydrogen) atoms. The monoisotopic (exact) mass is 360 g/mol. The summed E-state index contributed by atoms with van der Waals surface area (Å²) >= 11 is 0. The van der Waals surface area contributed by atoms with Gasteiger partial charge >= 0.3 is 0 Å². The highest BCUT2D eigenvalue weighted by Crippen LogP contribution is 2.57. The molecule has 0 saturated heterocycles. The molecule has 0 radical (unpaired) electrons. The molecule has 0 aliphatic heterocycles. The van der Waals surface area contributed by atoms with Gasteiger partial charge in [0.25, 0.3) is 0 Å². The van der Waals surface area contributed by atoms with E-state index in [0.717, 1.165) is 23.6 Å². The first-order chi connectivity index (χ1) is 11.6. The summed E-state index contributed by atoms with van der Waals surface area (Å²) in [6.45, 7) is 25.1. The molecule has 2 aliphatic carbocycles. The Kier molecular flexibility index (Phi) is 6.43. The molecular weight excluding hydrogens is 311 g/mol. The van der Waals surface area contributed by atoms with Gasteiger partial charge in [0.05, 0.1) is 0 Å². The zero-order valence-electron chi connectivity index (χ0n) is 20.0. The molecule has 5 atom stereocenters. The number of hydrogen-bond donors (Lipinski definition) is 0. The summed E-state index contributed by atoms with van der Waals surface area (Å²) in [6.07, 6.45) is 10.3. The van der Waals surface area contributed by atoms with Crippen molar-refractivity contribution in [3.8, 4) is 0 Å². The maximum Gasteiger partial charge on any atom is 0.130 e. The van der Waals surface area contributed by atoms with Gasteiger partial charge in [0.1, 0.15) is 7.28 Å². The summed E-state index contributed by atoms with van der Waals surface area (Å²) in [7, 11) is 1.40. The van der Waals surface area contributed by atoms with Crippen molar-refractivity contribution in [3.63, 3.8) is 0 Å². The lowest BCUT2D eigenvalue weighted by Crippen LogP contribution is -2.40. The summed E-state index contributed by atoms with van der Waals surface area (Å²) in [5, 5.41) is 0.448. The van der Waals surface area contributed by atoms with E-state index < -0.39 is 0 Å². The first-order valence-electron chi connectivity index (χ1n) is 11.6. The van der Waals surface area contributed by atoms with Crippen LogP contribution in [0.2, 0.25) is 11.1 Å². The lowest BCUT2D eigenvalue weighted by Gasteiger charge is -2.50. The van der Waals surface area contributed by atoms with E-state index in [0.29, 0.717) is 21.6 Å². The SMILES string of the molecule is CC(C)(C)BC1CC2CC(CCCC2C(C)(C)C)CC(C)(C(C)(C)C)C1. The van der Waals surface area contributed by atoms with E-state index in [1.165, 1.54) is 52.2 Å². The molecule has 0 nitrogen and oxygen atoms in total. The zero-order chi connectivity index (χ0) is 20.0. The molecule has 2 rings (SSSR count). The van der Waals surface area contributed by atoms with Gasteiger partial charge in [0.2, 0.25) is 0 Å². The molecule has 0 aromatic rings. The Hall–Kier alpha value is 0.0649. The quantitative estimate of drug-likeness (QED) is 0.414. The van der Waals surface area contributed by atoms with Gasteiger partial charge in [-0.3, -0.25) is 0 Å². The van der Waals surface area contributed by atoms with Gasteiger partial charge < -0.3 is 0 Å². The van der Waals surface area contributed by atoms with E-state index in [1.54, 1.807) is 0 Å². The fourth-order valence-corrected chi connectivity index (χ4v) is 6.66. The molecule has 2 bridgehead atoms. The summed E-state index contributed by atoms with van der Waals surface area (Å²) in [6, 6.07) is 0. The van der Waals surface area contributed by atoms with Crippen LogP contribution in [0.25, 0.3) is 0 Å². The first-order valence-corrected chi connectivity index (χ1v) is 11.6. The average molecular weight is 360 g/mol. The van der Waals surface area contributed by atoms with Crippen molar-refractivity contribution in [2.24, 2.45) is 34.0 Å². The van der Waals surface area contributed by atoms with Crippen molar-refractivity contribution >= 4 is 7.28 Å². The Morgan fingerprint density at radius 1 is 0.808 bits per heavy atom. The molecule has 0 spiro atoms. The maximum absolute atomic E-state index is 2.63. The Labute approximate surface area is 166 Å². The van der Waals surface area contributed by atoms with Crippen LogP contribution < -0.4 is 0 Å². The van der Waals surface area contributed by atoms with Crippen LogP contribution in [-0.4, -0.2) is 7.28 Å². The molecule has 5 unspecified atom stereocenters. The van der Waals surface area contributed by atoms with E-state index in [-0.39, 0.29) is 0 Å². The molecule has 2 saturated carbocycles. The predicted molar refractivity (Wildman–Crippen MR) is 120 cm³/mol. The van der Waals surface area contributed by atoms with Gasteiger partial charge in [-0.25, -0.2) is 0 Å². The minimum atomic E-state index is 0.408. The van der Waals surface area contributed by atoms with Gasteiger partial charge in [-0.05, 0) is 53.3 Å². The summed E-state index contributed by atoms with van der Waals surface area (Å²) in [5.74, 6) is 3.74. The van der Waals surface area contributed by atoms with Crippen molar-refractivity contribution in [2.75, 3.05) is 0 Å². The highest BCUT2D eigenvalue weighted by atomic mass is 14.5. The van der Waals surface area contributed by atoms with Crippen LogP contribution in [0.5, 0.6) is 0 Å². The second kappa shape index (κ2) is 7.48. The van der Waals surface area contributed by atoms with Crippen molar-refractivity contribution < 1.29 is 0 Å². The largest absolute Gasteiger partial charge is 0.130 e. The molecule has 2 aliphatic rings. The van der Waals surface area contributed by atoms with Crippen molar-refractivity contribution in [1.82, 2.24) is 0 Å². The predicted octanol–water partition coefficient (Wildman–Crippen LogP) is 8.13. The van der Waals surface area contributed by atoms with Crippen molar-refractivity contribution in [2.45, 2.75) is 125 Å². The molecule has 0 aromatic heterocycles. The van der Waals surface area contributed by atoms with Crippen LogP contribution >= 0.6 is 0 Å². The maximum atomic E-state index is 2.63. The standard InChI is InChI=1S/C25H49B/c1-22(2,3)21-13-11-12-18-14-19(21)15-20(26-24(7,8)9)17-25(10,16-18)23(4,5)6/h18-21,26H,11-17H2,1-10H3. The second-order valence-corrected chi connectivity index (χ2v) is 13.9. The Balaban J connectivity index is 2.36. The van der Waals surface area contributed by atoms with Crippen LogP contribution in [0, 0.1) is 34.0 Å². The smallest absolute Gasteiger partial charge is 0.0671 e. The highest BCUT2D eigenvalue weighted by Gasteiger charge is 2.46. The zero-order valence-corrected chi connectivity index (χ0v) is 20.0. The number of fused-ring (bicyclic) bond motifs is 2. The second-order valence-electron chi connectivity index (χ2n) is 13.9. The molecule has 0 amide bonds. The summed E-state index contributed by atoms with van der Waals surface area (Å²) < 4.78 is 0.